The number of benzene rings is 2. The highest BCUT2D eigenvalue weighted by molar-refractivity contribution is 7.80. The Balaban J connectivity index is 1.46. The maximum atomic E-state index is 12.3. The molecule has 9 heteroatoms. The van der Waals surface area contributed by atoms with E-state index in [0.29, 0.717) is 29.0 Å². The van der Waals surface area contributed by atoms with Crippen molar-refractivity contribution in [3.05, 3.63) is 65.2 Å². The van der Waals surface area contributed by atoms with E-state index in [0.717, 1.165) is 4.90 Å². The number of nitrogens with one attached hydrogen (secondary N) is 2. The van der Waals surface area contributed by atoms with Crippen LogP contribution in [0, 0.1) is 5.92 Å². The van der Waals surface area contributed by atoms with E-state index in [1.807, 2.05) is 13.8 Å². The third-order valence-electron chi connectivity index (χ3n) is 4.62. The molecule has 2 aromatic rings. The summed E-state index contributed by atoms with van der Waals surface area (Å²) in [5, 5.41) is 5.43. The zero-order chi connectivity index (χ0) is 23.3. The second-order valence-electron chi connectivity index (χ2n) is 7.63. The van der Waals surface area contributed by atoms with Gasteiger partial charge in [-0.05, 0) is 54.5 Å². The van der Waals surface area contributed by atoms with Gasteiger partial charge in [0.2, 0.25) is 5.91 Å². The predicted molar refractivity (Wildman–Crippen MR) is 122 cm³/mol. The molecule has 3 amide bonds. The van der Waals surface area contributed by atoms with Crippen molar-refractivity contribution >= 4 is 46.7 Å². The number of imide groups is 1. The Labute approximate surface area is 190 Å². The Kier molecular flexibility index (Phi) is 7.32. The van der Waals surface area contributed by atoms with Crippen molar-refractivity contribution in [3.63, 3.8) is 0 Å². The Morgan fingerprint density at radius 2 is 1.59 bits per heavy atom. The third-order valence-corrected chi connectivity index (χ3v) is 4.82. The largest absolute Gasteiger partial charge is 0.462 e. The van der Waals surface area contributed by atoms with Gasteiger partial charge in [0.25, 0.3) is 11.8 Å². The fourth-order valence-electron chi connectivity index (χ4n) is 3.02. The van der Waals surface area contributed by atoms with E-state index in [-0.39, 0.29) is 24.0 Å². The molecule has 32 heavy (non-hydrogen) atoms. The summed E-state index contributed by atoms with van der Waals surface area (Å²) < 4.78 is 5.17. The molecule has 0 saturated heterocycles. The number of hydrogen-bond donors (Lipinski definition) is 2. The molecule has 2 aromatic carbocycles. The summed E-state index contributed by atoms with van der Waals surface area (Å²) in [4.78, 5) is 49.9. The van der Waals surface area contributed by atoms with Crippen LogP contribution in [0.1, 0.15) is 51.3 Å². The van der Waals surface area contributed by atoms with Gasteiger partial charge < -0.3 is 15.4 Å². The van der Waals surface area contributed by atoms with Gasteiger partial charge in [0, 0.05) is 18.7 Å². The van der Waals surface area contributed by atoms with Crippen molar-refractivity contribution in [1.29, 1.82) is 0 Å². The van der Waals surface area contributed by atoms with Crippen LogP contribution < -0.4 is 10.6 Å². The molecule has 0 atom stereocenters. The summed E-state index contributed by atoms with van der Waals surface area (Å²) in [5.41, 5.74) is 1.67. The molecule has 0 aliphatic carbocycles. The fraction of sp³-hybridized carbons (Fsp3) is 0.261. The van der Waals surface area contributed by atoms with Gasteiger partial charge in [-0.25, -0.2) is 4.79 Å². The molecule has 0 saturated carbocycles. The Morgan fingerprint density at radius 3 is 2.16 bits per heavy atom. The highest BCUT2D eigenvalue weighted by Gasteiger charge is 2.34. The van der Waals surface area contributed by atoms with Crippen molar-refractivity contribution in [1.82, 2.24) is 10.2 Å². The second kappa shape index (κ2) is 10.1. The number of esters is 1. The van der Waals surface area contributed by atoms with Crippen molar-refractivity contribution in [2.45, 2.75) is 20.3 Å². The molecule has 0 radical (unpaired) electrons. The van der Waals surface area contributed by atoms with Crippen molar-refractivity contribution < 1.29 is 23.9 Å². The van der Waals surface area contributed by atoms with Gasteiger partial charge in [0.15, 0.2) is 5.11 Å². The summed E-state index contributed by atoms with van der Waals surface area (Å²) in [7, 11) is 0. The first-order chi connectivity index (χ1) is 15.3. The molecule has 0 spiro atoms. The average molecular weight is 454 g/mol. The fourth-order valence-corrected chi connectivity index (χ4v) is 3.25. The lowest BCUT2D eigenvalue weighted by atomic mass is 10.1. The van der Waals surface area contributed by atoms with E-state index < -0.39 is 23.7 Å². The van der Waals surface area contributed by atoms with Gasteiger partial charge in [-0.1, -0.05) is 26.0 Å². The zero-order valence-electron chi connectivity index (χ0n) is 17.7. The van der Waals surface area contributed by atoms with Crippen molar-refractivity contribution in [2.24, 2.45) is 5.92 Å². The molecule has 1 aliphatic rings. The van der Waals surface area contributed by atoms with Gasteiger partial charge in [-0.2, -0.15) is 0 Å². The highest BCUT2D eigenvalue weighted by atomic mass is 32.1. The summed E-state index contributed by atoms with van der Waals surface area (Å²) in [6.07, 6.45) is -0.0894. The predicted octanol–water partition coefficient (Wildman–Crippen LogP) is 3.00. The molecule has 0 aromatic heterocycles. The molecule has 1 heterocycles. The molecule has 166 valence electrons. The number of nitrogens with zero attached hydrogens (tertiary/aromatic N) is 1. The summed E-state index contributed by atoms with van der Waals surface area (Å²) in [6.45, 7) is 4.20. The van der Waals surface area contributed by atoms with Crippen LogP contribution in [0.4, 0.5) is 5.69 Å². The molecule has 8 nitrogen and oxygen atoms in total. The van der Waals surface area contributed by atoms with Gasteiger partial charge >= 0.3 is 5.97 Å². The van der Waals surface area contributed by atoms with Crippen LogP contribution in [-0.4, -0.2) is 46.9 Å². The molecule has 0 bridgehead atoms. The molecule has 1 aliphatic heterocycles. The monoisotopic (exact) mass is 453 g/mol. The number of fused-ring (bicyclic) bond motifs is 1. The van der Waals surface area contributed by atoms with E-state index in [9.17, 15) is 19.2 Å². The van der Waals surface area contributed by atoms with Crippen LogP contribution in [0.15, 0.2) is 48.5 Å². The Morgan fingerprint density at radius 1 is 1.00 bits per heavy atom. The zero-order valence-corrected chi connectivity index (χ0v) is 18.5. The van der Waals surface area contributed by atoms with E-state index >= 15 is 0 Å². The molecule has 3 rings (SSSR count). The van der Waals surface area contributed by atoms with Crippen LogP contribution in [0.5, 0.6) is 0 Å². The van der Waals surface area contributed by atoms with E-state index in [2.05, 4.69) is 10.6 Å². The molecule has 0 fully saturated rings. The first-order valence-electron chi connectivity index (χ1n) is 10.1. The number of hydrogen-bond acceptors (Lipinski definition) is 6. The average Bonchev–Trinajstić information content (AvgIpc) is 3.01. The SMILES string of the molecule is CC(C)COC(=O)c1ccc(NC(=S)NC(=O)CCN2C(=O)c3ccccc3C2=O)cc1. The maximum absolute atomic E-state index is 12.3. The number of carbonyl (C=O) groups is 4. The Hall–Kier alpha value is -3.59. The lowest BCUT2D eigenvalue weighted by molar-refractivity contribution is -0.119. The topological polar surface area (TPSA) is 105 Å². The highest BCUT2D eigenvalue weighted by Crippen LogP contribution is 2.22. The minimum Gasteiger partial charge on any atom is -0.462 e. The first kappa shape index (κ1) is 23.1. The van der Waals surface area contributed by atoms with Gasteiger partial charge in [0.1, 0.15) is 0 Å². The third kappa shape index (κ3) is 5.55. The van der Waals surface area contributed by atoms with Crippen molar-refractivity contribution in [2.75, 3.05) is 18.5 Å². The smallest absolute Gasteiger partial charge is 0.338 e. The van der Waals surface area contributed by atoms with Crippen LogP contribution in [0.25, 0.3) is 0 Å². The normalized spacial score (nSPS) is 12.5. The maximum Gasteiger partial charge on any atom is 0.338 e. The quantitative estimate of drug-likeness (QED) is 0.377. The number of amides is 3. The summed E-state index contributed by atoms with van der Waals surface area (Å²) in [5.74, 6) is -1.42. The number of thiocarbonyl (C=S) groups is 1. The minimum absolute atomic E-state index is 0.0476. The van der Waals surface area contributed by atoms with Crippen LogP contribution >= 0.6 is 12.2 Å². The molecular weight excluding hydrogens is 430 g/mol. The van der Waals surface area contributed by atoms with Crippen LogP contribution in [0.2, 0.25) is 0 Å². The van der Waals surface area contributed by atoms with E-state index in [1.54, 1.807) is 48.5 Å². The second-order valence-corrected chi connectivity index (χ2v) is 8.04. The molecule has 2 N–H and O–H groups in total. The van der Waals surface area contributed by atoms with E-state index in [1.165, 1.54) is 0 Å². The van der Waals surface area contributed by atoms with E-state index in [4.69, 9.17) is 17.0 Å². The lowest BCUT2D eigenvalue weighted by Crippen LogP contribution is -2.38. The van der Waals surface area contributed by atoms with Gasteiger partial charge in [0.05, 0.1) is 23.3 Å². The first-order valence-corrected chi connectivity index (χ1v) is 10.5. The number of anilines is 1. The number of ether oxygens (including phenoxy) is 1. The lowest BCUT2D eigenvalue weighted by Gasteiger charge is -2.14. The summed E-state index contributed by atoms with van der Waals surface area (Å²) in [6, 6.07) is 13.0. The van der Waals surface area contributed by atoms with Gasteiger partial charge in [-0.3, -0.25) is 19.3 Å². The number of carbonyl (C=O) groups excluding carboxylic acids is 4. The van der Waals surface area contributed by atoms with Crippen LogP contribution in [0.3, 0.4) is 0 Å². The van der Waals surface area contributed by atoms with Gasteiger partial charge in [-0.15, -0.1) is 0 Å². The van der Waals surface area contributed by atoms with Crippen LogP contribution in [-0.2, 0) is 9.53 Å². The minimum atomic E-state index is -0.437. The standard InChI is InChI=1S/C23H23N3O5S/c1-14(2)13-31-22(30)15-7-9-16(10-8-15)24-23(32)25-19(27)11-12-26-20(28)17-5-3-4-6-18(17)21(26)29/h3-10,14H,11-13H2,1-2H3,(H2,24,25,27,32). The number of rotatable bonds is 7. The molecular formula is C23H23N3O5S. The van der Waals surface area contributed by atoms with Crippen molar-refractivity contribution in [3.8, 4) is 0 Å². The Bertz CT molecular complexity index is 1030. The summed E-state index contributed by atoms with van der Waals surface area (Å²) >= 11 is 5.14. The molecule has 0 unspecified atom stereocenters.